The number of hydrogen-bond donors (Lipinski definition) is 3. The Kier molecular flexibility index (Phi) is 5.29. The van der Waals surface area contributed by atoms with Crippen LogP contribution in [0.15, 0.2) is 18.2 Å². The van der Waals surface area contributed by atoms with E-state index >= 15 is 0 Å². The zero-order valence-electron chi connectivity index (χ0n) is 10.6. The number of aliphatic carboxylic acids is 1. The van der Waals surface area contributed by atoms with Crippen molar-refractivity contribution < 1.29 is 19.1 Å². The van der Waals surface area contributed by atoms with E-state index in [-0.39, 0.29) is 18.0 Å². The van der Waals surface area contributed by atoms with Gasteiger partial charge in [0.05, 0.1) is 5.56 Å². The van der Waals surface area contributed by atoms with Gasteiger partial charge in [0.15, 0.2) is 0 Å². The molecule has 1 amide bonds. The Balaban J connectivity index is 2.65. The van der Waals surface area contributed by atoms with Crippen molar-refractivity contribution in [1.82, 2.24) is 0 Å². The van der Waals surface area contributed by atoms with Crippen LogP contribution in [0.25, 0.3) is 0 Å². The number of amides is 1. The summed E-state index contributed by atoms with van der Waals surface area (Å²) in [6.07, 6.45) is 1.25. The second-order valence-corrected chi connectivity index (χ2v) is 4.39. The van der Waals surface area contributed by atoms with Crippen LogP contribution in [0.1, 0.15) is 36.5 Å². The standard InChI is InChI=1S/C13H17FN2O3/c1-8(3-2-4-12(17)18)16-11-6-5-9(14)7-10(11)13(15)19/h5-8,16H,2-4H2,1H3,(H2,15,19)(H,17,18). The molecule has 104 valence electrons. The number of nitrogens with two attached hydrogens (primary N) is 1. The lowest BCUT2D eigenvalue weighted by Gasteiger charge is -2.16. The van der Waals surface area contributed by atoms with Gasteiger partial charge in [-0.1, -0.05) is 0 Å². The number of carboxylic acids is 1. The van der Waals surface area contributed by atoms with Gasteiger partial charge in [0.1, 0.15) is 5.82 Å². The second kappa shape index (κ2) is 6.72. The molecule has 6 heteroatoms. The maximum Gasteiger partial charge on any atom is 0.303 e. The largest absolute Gasteiger partial charge is 0.481 e. The molecule has 0 fully saturated rings. The van der Waals surface area contributed by atoms with E-state index in [9.17, 15) is 14.0 Å². The van der Waals surface area contributed by atoms with Crippen LogP contribution in [0.2, 0.25) is 0 Å². The Morgan fingerprint density at radius 1 is 1.47 bits per heavy atom. The molecular weight excluding hydrogens is 251 g/mol. The monoisotopic (exact) mass is 268 g/mol. The minimum absolute atomic E-state index is 0.0390. The second-order valence-electron chi connectivity index (χ2n) is 4.39. The van der Waals surface area contributed by atoms with Crippen molar-refractivity contribution in [1.29, 1.82) is 0 Å². The van der Waals surface area contributed by atoms with Crippen LogP contribution in [0.4, 0.5) is 10.1 Å². The highest BCUT2D eigenvalue weighted by atomic mass is 19.1. The van der Waals surface area contributed by atoms with Gasteiger partial charge < -0.3 is 16.2 Å². The van der Waals surface area contributed by atoms with E-state index in [4.69, 9.17) is 10.8 Å². The predicted octanol–water partition coefficient (Wildman–Crippen LogP) is 1.98. The Labute approximate surface area is 110 Å². The smallest absolute Gasteiger partial charge is 0.303 e. The lowest BCUT2D eigenvalue weighted by molar-refractivity contribution is -0.137. The molecule has 19 heavy (non-hydrogen) atoms. The zero-order valence-corrected chi connectivity index (χ0v) is 10.6. The van der Waals surface area contributed by atoms with Crippen LogP contribution in [0.3, 0.4) is 0 Å². The highest BCUT2D eigenvalue weighted by molar-refractivity contribution is 5.98. The highest BCUT2D eigenvalue weighted by Gasteiger charge is 2.12. The number of nitrogens with one attached hydrogen (secondary N) is 1. The Morgan fingerprint density at radius 3 is 2.74 bits per heavy atom. The fourth-order valence-electron chi connectivity index (χ4n) is 1.74. The molecule has 0 aliphatic carbocycles. The first-order valence-electron chi connectivity index (χ1n) is 5.98. The van der Waals surface area contributed by atoms with Gasteiger partial charge in [0.2, 0.25) is 0 Å². The van der Waals surface area contributed by atoms with Crippen molar-refractivity contribution >= 4 is 17.6 Å². The van der Waals surface area contributed by atoms with E-state index in [1.54, 1.807) is 0 Å². The Morgan fingerprint density at radius 2 is 2.16 bits per heavy atom. The molecule has 0 aliphatic heterocycles. The summed E-state index contributed by atoms with van der Waals surface area (Å²) < 4.78 is 13.0. The third-order valence-electron chi connectivity index (χ3n) is 2.68. The molecule has 4 N–H and O–H groups in total. The van der Waals surface area contributed by atoms with Crippen LogP contribution in [0.5, 0.6) is 0 Å². The van der Waals surface area contributed by atoms with Gasteiger partial charge in [-0.05, 0) is 38.0 Å². The molecule has 1 rings (SSSR count). The van der Waals surface area contributed by atoms with Crippen molar-refractivity contribution in [3.05, 3.63) is 29.6 Å². The molecule has 0 saturated heterocycles. The molecular formula is C13H17FN2O3. The van der Waals surface area contributed by atoms with Crippen LogP contribution in [-0.2, 0) is 4.79 Å². The SMILES string of the molecule is CC(CCCC(=O)O)Nc1ccc(F)cc1C(N)=O. The summed E-state index contributed by atoms with van der Waals surface area (Å²) in [5.74, 6) is -2.08. The maximum absolute atomic E-state index is 13.0. The number of carboxylic acid groups (broad SMARTS) is 1. The fourth-order valence-corrected chi connectivity index (χ4v) is 1.74. The first-order valence-corrected chi connectivity index (χ1v) is 5.98. The van der Waals surface area contributed by atoms with Gasteiger partial charge in [0, 0.05) is 18.2 Å². The summed E-state index contributed by atoms with van der Waals surface area (Å²) in [5, 5.41) is 11.6. The van der Waals surface area contributed by atoms with Gasteiger partial charge in [-0.25, -0.2) is 4.39 Å². The summed E-state index contributed by atoms with van der Waals surface area (Å²) in [4.78, 5) is 21.6. The first kappa shape index (κ1) is 14.9. The van der Waals surface area contributed by atoms with Crippen molar-refractivity contribution in [2.45, 2.75) is 32.2 Å². The average Bonchev–Trinajstić information content (AvgIpc) is 2.30. The predicted molar refractivity (Wildman–Crippen MR) is 69.5 cm³/mol. The minimum Gasteiger partial charge on any atom is -0.481 e. The van der Waals surface area contributed by atoms with Crippen molar-refractivity contribution in [2.24, 2.45) is 5.73 Å². The topological polar surface area (TPSA) is 92.4 Å². The molecule has 0 aromatic heterocycles. The number of rotatable bonds is 7. The Bertz CT molecular complexity index is 477. The van der Waals surface area contributed by atoms with Crippen molar-refractivity contribution in [3.8, 4) is 0 Å². The lowest BCUT2D eigenvalue weighted by atomic mass is 10.1. The van der Waals surface area contributed by atoms with Crippen LogP contribution >= 0.6 is 0 Å². The maximum atomic E-state index is 13.0. The number of hydrogen-bond acceptors (Lipinski definition) is 3. The highest BCUT2D eigenvalue weighted by Crippen LogP contribution is 2.18. The van der Waals surface area contributed by atoms with E-state index in [1.807, 2.05) is 6.92 Å². The minimum atomic E-state index is -0.841. The summed E-state index contributed by atoms with van der Waals surface area (Å²) >= 11 is 0. The normalized spacial score (nSPS) is 11.9. The number of carbonyl (C=O) groups is 2. The van der Waals surface area contributed by atoms with Gasteiger partial charge >= 0.3 is 5.97 Å². The Hall–Kier alpha value is -2.11. The number of benzene rings is 1. The van der Waals surface area contributed by atoms with Crippen LogP contribution < -0.4 is 11.1 Å². The number of carbonyl (C=O) groups excluding carboxylic acids is 1. The first-order chi connectivity index (χ1) is 8.90. The molecule has 0 heterocycles. The van der Waals surface area contributed by atoms with E-state index < -0.39 is 17.7 Å². The lowest BCUT2D eigenvalue weighted by Crippen LogP contribution is -2.20. The van der Waals surface area contributed by atoms with Crippen LogP contribution in [0, 0.1) is 5.82 Å². The average molecular weight is 268 g/mol. The third kappa shape index (κ3) is 4.95. The number of halogens is 1. The number of primary amides is 1. The van der Waals surface area contributed by atoms with Crippen LogP contribution in [-0.4, -0.2) is 23.0 Å². The molecule has 1 unspecified atom stereocenters. The van der Waals surface area contributed by atoms with E-state index in [2.05, 4.69) is 5.32 Å². The quantitative estimate of drug-likeness (QED) is 0.705. The molecule has 0 bridgehead atoms. The summed E-state index contributed by atoms with van der Waals surface area (Å²) in [6.45, 7) is 1.86. The molecule has 1 aromatic rings. The summed E-state index contributed by atoms with van der Waals surface area (Å²) in [7, 11) is 0. The molecule has 0 radical (unpaired) electrons. The number of anilines is 1. The molecule has 1 atom stereocenters. The van der Waals surface area contributed by atoms with Gasteiger partial charge in [0.25, 0.3) is 5.91 Å². The van der Waals surface area contributed by atoms with Gasteiger partial charge in [-0.15, -0.1) is 0 Å². The van der Waals surface area contributed by atoms with Gasteiger partial charge in [-0.3, -0.25) is 9.59 Å². The molecule has 0 saturated carbocycles. The summed E-state index contributed by atoms with van der Waals surface area (Å²) in [6, 6.07) is 3.72. The third-order valence-corrected chi connectivity index (χ3v) is 2.68. The van der Waals surface area contributed by atoms with Crippen molar-refractivity contribution in [2.75, 3.05) is 5.32 Å². The van der Waals surface area contributed by atoms with E-state index in [0.717, 1.165) is 6.07 Å². The van der Waals surface area contributed by atoms with Crippen molar-refractivity contribution in [3.63, 3.8) is 0 Å². The molecule has 0 aliphatic rings. The van der Waals surface area contributed by atoms with E-state index in [0.29, 0.717) is 18.5 Å². The molecule has 1 aromatic carbocycles. The van der Waals surface area contributed by atoms with Gasteiger partial charge in [-0.2, -0.15) is 0 Å². The van der Waals surface area contributed by atoms with E-state index in [1.165, 1.54) is 12.1 Å². The molecule has 0 spiro atoms. The zero-order chi connectivity index (χ0) is 14.4. The molecule has 5 nitrogen and oxygen atoms in total. The fraction of sp³-hybridized carbons (Fsp3) is 0.385. The summed E-state index contributed by atoms with van der Waals surface area (Å²) in [5.41, 5.74) is 5.72.